The zero-order chi connectivity index (χ0) is 41.3. The van der Waals surface area contributed by atoms with Gasteiger partial charge in [-0.15, -0.1) is 0 Å². The van der Waals surface area contributed by atoms with Gasteiger partial charge in [-0.1, -0.05) is 147 Å². The topological polar surface area (TPSA) is 189 Å². The van der Waals surface area contributed by atoms with Crippen LogP contribution in [0.25, 0.3) is 0 Å². The quantitative estimate of drug-likeness (QED) is 0.0249. The van der Waals surface area contributed by atoms with Crippen LogP contribution < -0.4 is 29.6 Å². The summed E-state index contributed by atoms with van der Waals surface area (Å²) in [6.07, 6.45) is 26.2. The van der Waals surface area contributed by atoms with E-state index in [0.717, 1.165) is 64.2 Å². The van der Waals surface area contributed by atoms with E-state index in [1.165, 1.54) is 77.0 Å². The third-order valence-corrected chi connectivity index (χ3v) is 10.8. The number of ether oxygens (including phenoxy) is 4. The second kappa shape index (κ2) is 36.9. The Hall–Kier alpha value is -0.870. The predicted molar refractivity (Wildman–Crippen MR) is 218 cm³/mol. The first-order valence-corrected chi connectivity index (χ1v) is 23.5. The van der Waals surface area contributed by atoms with Crippen LogP contribution in [0.15, 0.2) is 24.3 Å². The number of hydrogen-bond donors (Lipinski definition) is 3. The van der Waals surface area contributed by atoms with Gasteiger partial charge in [0.25, 0.3) is 0 Å². The number of unbranched alkanes of at least 4 members (excludes halogenated alkanes) is 20. The average molecular weight is 841 g/mol. The van der Waals surface area contributed by atoms with E-state index in [1.807, 2.05) is 0 Å². The Balaban J connectivity index is 0.0000314. The molecule has 1 fully saturated rings. The minimum atomic E-state index is -4.85. The molecule has 1 unspecified atom stereocenters. The molecule has 0 aromatic heterocycles. The van der Waals surface area contributed by atoms with Crippen molar-refractivity contribution >= 4 is 22.1 Å². The number of esters is 2. The first-order valence-electron chi connectivity index (χ1n) is 21.9. The van der Waals surface area contributed by atoms with E-state index >= 15 is 0 Å². The molecule has 57 heavy (non-hydrogen) atoms. The van der Waals surface area contributed by atoms with E-state index < -0.39 is 71.2 Å². The molecule has 1 aliphatic heterocycles. The summed E-state index contributed by atoms with van der Waals surface area (Å²) >= 11 is 0. The molecule has 6 atom stereocenters. The summed E-state index contributed by atoms with van der Waals surface area (Å²) < 4.78 is 55.7. The zero-order valence-corrected chi connectivity index (χ0v) is 38.5. The van der Waals surface area contributed by atoms with Crippen LogP contribution in [0.4, 0.5) is 0 Å². The molecule has 0 radical (unpaired) electrons. The van der Waals surface area contributed by atoms with Gasteiger partial charge in [0.2, 0.25) is 0 Å². The van der Waals surface area contributed by atoms with Crippen LogP contribution in [0.5, 0.6) is 0 Å². The van der Waals surface area contributed by atoms with Gasteiger partial charge in [-0.25, -0.2) is 8.42 Å². The predicted octanol–water partition coefficient (Wildman–Crippen LogP) is 5.11. The maximum absolute atomic E-state index is 12.8. The molecule has 0 saturated carbocycles. The van der Waals surface area contributed by atoms with Gasteiger partial charge < -0.3 is 38.8 Å². The average Bonchev–Trinajstić information content (AvgIpc) is 3.16. The molecule has 0 bridgehead atoms. The van der Waals surface area contributed by atoms with Crippen molar-refractivity contribution in [2.75, 3.05) is 19.0 Å². The van der Waals surface area contributed by atoms with Gasteiger partial charge in [0.15, 0.2) is 12.4 Å². The third-order valence-electron chi connectivity index (χ3n) is 10.0. The molecule has 1 rings (SSSR count). The van der Waals surface area contributed by atoms with Crippen molar-refractivity contribution in [1.29, 1.82) is 0 Å². The van der Waals surface area contributed by atoms with Crippen molar-refractivity contribution in [3.05, 3.63) is 24.3 Å². The van der Waals surface area contributed by atoms with Crippen LogP contribution in [-0.2, 0) is 38.7 Å². The summed E-state index contributed by atoms with van der Waals surface area (Å²) in [4.78, 5) is 25.3. The molecular weight excluding hydrogens is 764 g/mol. The van der Waals surface area contributed by atoms with Gasteiger partial charge in [0, 0.05) is 12.8 Å². The van der Waals surface area contributed by atoms with E-state index in [2.05, 4.69) is 38.2 Å². The van der Waals surface area contributed by atoms with Gasteiger partial charge in [0.05, 0.1) is 22.5 Å². The fourth-order valence-electron chi connectivity index (χ4n) is 6.58. The number of hydrogen-bond acceptors (Lipinski definition) is 12. The largest absolute Gasteiger partial charge is 1.00 e. The maximum Gasteiger partial charge on any atom is 1.00 e. The molecule has 0 aromatic carbocycles. The minimum absolute atomic E-state index is 0. The Bertz CT molecular complexity index is 1150. The van der Waals surface area contributed by atoms with Crippen molar-refractivity contribution in [3.63, 3.8) is 0 Å². The van der Waals surface area contributed by atoms with Gasteiger partial charge >= 0.3 is 41.5 Å². The first kappa shape index (κ1) is 56.1. The van der Waals surface area contributed by atoms with E-state index in [9.17, 15) is 37.9 Å². The van der Waals surface area contributed by atoms with Crippen LogP contribution in [-0.4, -0.2) is 96.0 Å². The van der Waals surface area contributed by atoms with Crippen LogP contribution in [0.3, 0.4) is 0 Å². The molecule has 1 heterocycles. The maximum atomic E-state index is 12.8. The normalized spacial score (nSPS) is 20.5. The van der Waals surface area contributed by atoms with Gasteiger partial charge in [-0.3, -0.25) is 9.59 Å². The van der Waals surface area contributed by atoms with Gasteiger partial charge in [-0.2, -0.15) is 0 Å². The summed E-state index contributed by atoms with van der Waals surface area (Å²) in [5.41, 5.74) is 0. The molecule has 1 aliphatic rings. The zero-order valence-electron chi connectivity index (χ0n) is 35.7. The number of rotatable bonds is 36. The first-order chi connectivity index (χ1) is 27.0. The van der Waals surface area contributed by atoms with Crippen LogP contribution in [0.2, 0.25) is 0 Å². The fraction of sp³-hybridized carbons (Fsp3) is 0.860. The Morgan fingerprint density at radius 2 is 1.09 bits per heavy atom. The Morgan fingerprint density at radius 3 is 1.61 bits per heavy atom. The molecule has 0 aliphatic carbocycles. The summed E-state index contributed by atoms with van der Waals surface area (Å²) in [5, 5.41) is 30.8. The third kappa shape index (κ3) is 31.6. The SMILES string of the molecule is CCCCC/C=C/C/C=C/CCCCCCCC(=O)OCC(CO[C@H]1O[C@H](CS(=O)(=O)[O-])[C@@H](O)[C@H](O)[C@H]1O)OC(=O)CCCCCCCCCCCCCCC.[Na+]. The van der Waals surface area contributed by atoms with E-state index in [-0.39, 0.29) is 49.0 Å². The number of aliphatic hydroxyl groups is 3. The van der Waals surface area contributed by atoms with Crippen LogP contribution in [0.1, 0.15) is 181 Å². The standard InChI is InChI=1S/C43H78O12S.Na/c1-3-5-7-9-11-13-15-17-18-20-21-23-25-27-29-31-38(44)52-33-36(34-53-43-42(48)41(47)40(46)37(55-43)35-56(49,50)51)54-39(45)32-30-28-26-24-22-19-16-14-12-10-8-6-4-2;/h11,13,17-18,36-37,40-43,46-48H,3-10,12,14-16,19-35H2,1-2H3,(H,49,50,51);/q;+1/p-1/b13-11+,18-17+;/t36?,37-,40-,41+,42-,43+;/m1./s1. The molecule has 1 saturated heterocycles. The molecule has 0 aromatic rings. The number of carbonyl (C=O) groups excluding carboxylic acids is 2. The van der Waals surface area contributed by atoms with Crippen molar-refractivity contribution in [1.82, 2.24) is 0 Å². The molecule has 0 amide bonds. The second-order valence-electron chi connectivity index (χ2n) is 15.3. The van der Waals surface area contributed by atoms with Crippen molar-refractivity contribution in [3.8, 4) is 0 Å². The Morgan fingerprint density at radius 1 is 0.632 bits per heavy atom. The number of carbonyl (C=O) groups is 2. The molecule has 0 spiro atoms. The van der Waals surface area contributed by atoms with E-state index in [1.54, 1.807) is 0 Å². The second-order valence-corrected chi connectivity index (χ2v) is 16.8. The number of allylic oxidation sites excluding steroid dienone is 4. The van der Waals surface area contributed by atoms with E-state index in [0.29, 0.717) is 12.8 Å². The molecule has 14 heteroatoms. The molecule has 328 valence electrons. The summed E-state index contributed by atoms with van der Waals surface area (Å²) in [7, 11) is -4.85. The monoisotopic (exact) mass is 841 g/mol. The van der Waals surface area contributed by atoms with Gasteiger partial charge in [0.1, 0.15) is 31.0 Å². The summed E-state index contributed by atoms with van der Waals surface area (Å²) in [6, 6.07) is 0. The smallest absolute Gasteiger partial charge is 0.748 e. The fourth-order valence-corrected chi connectivity index (χ4v) is 7.26. The van der Waals surface area contributed by atoms with Gasteiger partial charge in [-0.05, 0) is 44.9 Å². The van der Waals surface area contributed by atoms with Crippen molar-refractivity contribution < 1.29 is 86.4 Å². The molecule has 3 N–H and O–H groups in total. The van der Waals surface area contributed by atoms with Crippen LogP contribution in [0, 0.1) is 0 Å². The minimum Gasteiger partial charge on any atom is -0.748 e. The number of aliphatic hydroxyl groups excluding tert-OH is 3. The van der Waals surface area contributed by atoms with Crippen molar-refractivity contribution in [2.24, 2.45) is 0 Å². The summed E-state index contributed by atoms with van der Waals surface area (Å²) in [6.45, 7) is 3.69. The van der Waals surface area contributed by atoms with Crippen molar-refractivity contribution in [2.45, 2.75) is 218 Å². The van der Waals surface area contributed by atoms with Crippen LogP contribution >= 0.6 is 0 Å². The summed E-state index contributed by atoms with van der Waals surface area (Å²) in [5.74, 6) is -2.12. The Kier molecular flexibility index (Phi) is 36.4. The molecule has 12 nitrogen and oxygen atoms in total. The van der Waals surface area contributed by atoms with E-state index in [4.69, 9.17) is 18.9 Å². The molecular formula is C43H77NaO12S. The Labute approximate surface area is 367 Å².